The van der Waals surface area contributed by atoms with E-state index in [9.17, 15) is 10.2 Å². The molecule has 0 aromatic heterocycles. The molecule has 2 nitrogen and oxygen atoms in total. The van der Waals surface area contributed by atoms with E-state index in [4.69, 9.17) is 0 Å². The second kappa shape index (κ2) is 3.41. The molecule has 0 heterocycles. The van der Waals surface area contributed by atoms with Gasteiger partial charge in [0.15, 0.2) is 0 Å². The zero-order valence-corrected chi connectivity index (χ0v) is 10.0. The van der Waals surface area contributed by atoms with Gasteiger partial charge in [0.25, 0.3) is 0 Å². The van der Waals surface area contributed by atoms with Gasteiger partial charge in [-0.1, -0.05) is 0 Å². The summed E-state index contributed by atoms with van der Waals surface area (Å²) in [6, 6.07) is 3.85. The minimum Gasteiger partial charge on any atom is -0.507 e. The van der Waals surface area contributed by atoms with E-state index in [2.05, 4.69) is 0 Å². The molecule has 0 saturated heterocycles. The van der Waals surface area contributed by atoms with Crippen LogP contribution in [0, 0.1) is 27.7 Å². The molecule has 0 amide bonds. The smallest absolute Gasteiger partial charge is 0.122 e. The van der Waals surface area contributed by atoms with Crippen LogP contribution in [0.1, 0.15) is 22.3 Å². The highest BCUT2D eigenvalue weighted by atomic mass is 16.3. The van der Waals surface area contributed by atoms with Crippen LogP contribution >= 0.6 is 0 Å². The summed E-state index contributed by atoms with van der Waals surface area (Å²) in [5.74, 6) is 0.689. The second-order valence-electron chi connectivity index (χ2n) is 4.43. The Balaban J connectivity index is 3.02. The quantitative estimate of drug-likeness (QED) is 0.707. The van der Waals surface area contributed by atoms with E-state index >= 15 is 0 Å². The normalized spacial score (nSPS) is 11.0. The van der Waals surface area contributed by atoms with E-state index in [1.54, 1.807) is 0 Å². The Morgan fingerprint density at radius 3 is 1.31 bits per heavy atom. The third-order valence-electron chi connectivity index (χ3n) is 3.28. The second-order valence-corrected chi connectivity index (χ2v) is 4.43. The average molecular weight is 216 g/mol. The summed E-state index contributed by atoms with van der Waals surface area (Å²) >= 11 is 0. The number of aryl methyl sites for hydroxylation is 4. The van der Waals surface area contributed by atoms with Crippen LogP contribution in [-0.4, -0.2) is 10.2 Å². The van der Waals surface area contributed by atoms with Crippen molar-refractivity contribution in [1.82, 2.24) is 0 Å². The van der Waals surface area contributed by atoms with Gasteiger partial charge in [0.2, 0.25) is 0 Å². The third-order valence-corrected chi connectivity index (χ3v) is 3.28. The molecule has 0 fully saturated rings. The molecule has 0 spiro atoms. The molecule has 0 saturated carbocycles. The Kier molecular flexibility index (Phi) is 2.30. The van der Waals surface area contributed by atoms with Crippen molar-refractivity contribution in [2.24, 2.45) is 0 Å². The topological polar surface area (TPSA) is 40.5 Å². The number of fused-ring (bicyclic) bond motifs is 1. The van der Waals surface area contributed by atoms with Crippen LogP contribution in [0.15, 0.2) is 12.1 Å². The number of rotatable bonds is 0. The minimum absolute atomic E-state index is 0.344. The molecule has 2 heteroatoms. The van der Waals surface area contributed by atoms with Gasteiger partial charge < -0.3 is 10.2 Å². The molecular formula is C14H16O2. The van der Waals surface area contributed by atoms with Crippen molar-refractivity contribution in [3.8, 4) is 11.5 Å². The van der Waals surface area contributed by atoms with Gasteiger partial charge in [0.05, 0.1) is 0 Å². The number of phenolic OH excluding ortho intramolecular Hbond substituents is 2. The molecule has 16 heavy (non-hydrogen) atoms. The summed E-state index contributed by atoms with van der Waals surface area (Å²) in [7, 11) is 0. The molecule has 0 aliphatic carbocycles. The van der Waals surface area contributed by atoms with Gasteiger partial charge in [-0.05, 0) is 72.9 Å². The van der Waals surface area contributed by atoms with Crippen molar-refractivity contribution in [1.29, 1.82) is 0 Å². The Morgan fingerprint density at radius 1 is 0.688 bits per heavy atom. The lowest BCUT2D eigenvalue weighted by Crippen LogP contribution is -1.89. The highest BCUT2D eigenvalue weighted by Crippen LogP contribution is 2.36. The van der Waals surface area contributed by atoms with Gasteiger partial charge >= 0.3 is 0 Å². The fourth-order valence-corrected chi connectivity index (χ4v) is 2.19. The predicted molar refractivity (Wildman–Crippen MR) is 66.2 cm³/mol. The molecule has 84 valence electrons. The number of phenols is 2. The van der Waals surface area contributed by atoms with Crippen molar-refractivity contribution >= 4 is 10.8 Å². The molecule has 0 bridgehead atoms. The predicted octanol–water partition coefficient (Wildman–Crippen LogP) is 3.48. The van der Waals surface area contributed by atoms with Gasteiger partial charge in [-0.2, -0.15) is 0 Å². The molecule has 0 aliphatic heterocycles. The first-order valence-electron chi connectivity index (χ1n) is 5.35. The number of benzene rings is 2. The lowest BCUT2D eigenvalue weighted by atomic mass is 9.95. The highest BCUT2D eigenvalue weighted by Gasteiger charge is 2.12. The summed E-state index contributed by atoms with van der Waals surface area (Å²) in [5.41, 5.74) is 3.44. The lowest BCUT2D eigenvalue weighted by molar-refractivity contribution is 0.465. The Labute approximate surface area is 95.2 Å². The van der Waals surface area contributed by atoms with Crippen LogP contribution in [0.3, 0.4) is 0 Å². The first-order valence-corrected chi connectivity index (χ1v) is 5.35. The molecule has 2 N–H and O–H groups in total. The molecule has 0 aliphatic rings. The standard InChI is InChI=1S/C14H16O2/c1-7-5-11-10(4)14(16)8(2)6-12(11)9(3)13(7)15/h5-6,15-16H,1-4H3. The minimum atomic E-state index is 0.344. The largest absolute Gasteiger partial charge is 0.507 e. The zero-order valence-electron chi connectivity index (χ0n) is 10.0. The molecule has 2 aromatic carbocycles. The molecule has 2 rings (SSSR count). The van der Waals surface area contributed by atoms with Gasteiger partial charge in [-0.25, -0.2) is 0 Å². The van der Waals surface area contributed by atoms with Gasteiger partial charge in [0, 0.05) is 0 Å². The summed E-state index contributed by atoms with van der Waals surface area (Å²) in [5, 5.41) is 21.8. The monoisotopic (exact) mass is 216 g/mol. The van der Waals surface area contributed by atoms with Crippen LogP contribution < -0.4 is 0 Å². The first-order chi connectivity index (χ1) is 7.43. The SMILES string of the molecule is Cc1cc2c(C)c(O)c(C)cc2c(C)c1O. The third kappa shape index (κ3) is 1.33. The average Bonchev–Trinajstić information content (AvgIpc) is 2.25. The van der Waals surface area contributed by atoms with Crippen LogP contribution in [-0.2, 0) is 0 Å². The van der Waals surface area contributed by atoms with E-state index in [0.717, 1.165) is 33.0 Å². The van der Waals surface area contributed by atoms with E-state index in [0.29, 0.717) is 11.5 Å². The molecular weight excluding hydrogens is 200 g/mol. The number of hydrogen-bond acceptors (Lipinski definition) is 2. The number of hydrogen-bond donors (Lipinski definition) is 2. The highest BCUT2D eigenvalue weighted by molar-refractivity contribution is 5.93. The summed E-state index contributed by atoms with van der Waals surface area (Å²) in [4.78, 5) is 0. The van der Waals surface area contributed by atoms with Gasteiger partial charge in [0.1, 0.15) is 11.5 Å². The zero-order chi connectivity index (χ0) is 12.0. The fraction of sp³-hybridized carbons (Fsp3) is 0.286. The Morgan fingerprint density at radius 2 is 1.00 bits per heavy atom. The fourth-order valence-electron chi connectivity index (χ4n) is 2.19. The van der Waals surface area contributed by atoms with Crippen molar-refractivity contribution in [2.75, 3.05) is 0 Å². The maximum Gasteiger partial charge on any atom is 0.122 e. The van der Waals surface area contributed by atoms with E-state index in [1.807, 2.05) is 39.8 Å². The van der Waals surface area contributed by atoms with E-state index < -0.39 is 0 Å². The van der Waals surface area contributed by atoms with Crippen LogP contribution in [0.5, 0.6) is 11.5 Å². The maximum atomic E-state index is 9.89. The van der Waals surface area contributed by atoms with Crippen LogP contribution in [0.25, 0.3) is 10.8 Å². The van der Waals surface area contributed by atoms with Crippen molar-refractivity contribution < 1.29 is 10.2 Å². The van der Waals surface area contributed by atoms with Crippen LogP contribution in [0.2, 0.25) is 0 Å². The molecule has 0 radical (unpaired) electrons. The van der Waals surface area contributed by atoms with Crippen LogP contribution in [0.4, 0.5) is 0 Å². The maximum absolute atomic E-state index is 9.89. The first kappa shape index (κ1) is 10.8. The van der Waals surface area contributed by atoms with E-state index in [1.165, 1.54) is 0 Å². The Hall–Kier alpha value is -1.70. The molecule has 0 unspecified atom stereocenters. The van der Waals surface area contributed by atoms with Crippen molar-refractivity contribution in [2.45, 2.75) is 27.7 Å². The number of aromatic hydroxyl groups is 2. The molecule has 0 atom stereocenters. The Bertz CT molecular complexity index is 530. The molecule has 2 aromatic rings. The van der Waals surface area contributed by atoms with Gasteiger partial charge in [-0.3, -0.25) is 0 Å². The summed E-state index contributed by atoms with van der Waals surface area (Å²) in [6.45, 7) is 7.55. The summed E-state index contributed by atoms with van der Waals surface area (Å²) in [6.07, 6.45) is 0. The van der Waals surface area contributed by atoms with Crippen molar-refractivity contribution in [3.63, 3.8) is 0 Å². The van der Waals surface area contributed by atoms with Crippen molar-refractivity contribution in [3.05, 3.63) is 34.4 Å². The summed E-state index contributed by atoms with van der Waals surface area (Å²) < 4.78 is 0. The van der Waals surface area contributed by atoms with E-state index in [-0.39, 0.29) is 0 Å². The lowest BCUT2D eigenvalue weighted by Gasteiger charge is -2.13. The van der Waals surface area contributed by atoms with Gasteiger partial charge in [-0.15, -0.1) is 0 Å².